The lowest BCUT2D eigenvalue weighted by molar-refractivity contribution is -0.161. The minimum absolute atomic E-state index is 0.197. The predicted molar refractivity (Wildman–Crippen MR) is 145 cm³/mol. The molecule has 188 valence electrons. The molecule has 0 radical (unpaired) electrons. The second-order valence-electron chi connectivity index (χ2n) is 9.51. The highest BCUT2D eigenvalue weighted by Crippen LogP contribution is 2.54. The number of hydrogen-bond acceptors (Lipinski definition) is 3. The first kappa shape index (κ1) is 26.6. The smallest absolute Gasteiger partial charge is 0.304 e. The van der Waals surface area contributed by atoms with Gasteiger partial charge in [0.2, 0.25) is 5.91 Å². The van der Waals surface area contributed by atoms with Gasteiger partial charge in [0.15, 0.2) is 0 Å². The van der Waals surface area contributed by atoms with Crippen molar-refractivity contribution < 1.29 is 14.7 Å². The van der Waals surface area contributed by atoms with E-state index in [1.54, 1.807) is 6.92 Å². The number of nitrogens with zero attached hydrogens (tertiary/aromatic N) is 2. The van der Waals surface area contributed by atoms with Crippen LogP contribution in [-0.4, -0.2) is 26.9 Å². The third kappa shape index (κ3) is 5.46. The van der Waals surface area contributed by atoms with Crippen LogP contribution in [0.15, 0.2) is 71.3 Å². The van der Waals surface area contributed by atoms with Crippen molar-refractivity contribution in [1.29, 1.82) is 0 Å². The van der Waals surface area contributed by atoms with Crippen LogP contribution in [0.5, 0.6) is 0 Å². The fraction of sp³-hybridized carbons (Fsp3) is 0.321. The number of hydrogen-bond donors (Lipinski definition) is 1. The number of halogens is 3. The van der Waals surface area contributed by atoms with E-state index in [9.17, 15) is 14.7 Å². The maximum absolute atomic E-state index is 14.3. The number of aliphatic carboxylic acids is 1. The van der Waals surface area contributed by atoms with Crippen molar-refractivity contribution in [3.63, 3.8) is 0 Å². The number of likely N-dealkylation sites (tertiary alicyclic amines) is 1. The number of aromatic nitrogens is 1. The van der Waals surface area contributed by atoms with Crippen molar-refractivity contribution in [2.24, 2.45) is 5.41 Å². The van der Waals surface area contributed by atoms with E-state index in [4.69, 9.17) is 23.2 Å². The molecule has 4 unspecified atom stereocenters. The van der Waals surface area contributed by atoms with Crippen molar-refractivity contribution in [3.05, 3.63) is 98.2 Å². The van der Waals surface area contributed by atoms with Crippen LogP contribution < -0.4 is 0 Å². The molecule has 1 N–H and O–H groups in total. The molecule has 1 aromatic heterocycles. The Morgan fingerprint density at radius 1 is 1.11 bits per heavy atom. The maximum atomic E-state index is 14.3. The highest BCUT2D eigenvalue weighted by atomic mass is 79.9. The van der Waals surface area contributed by atoms with E-state index in [1.807, 2.05) is 78.6 Å². The molecule has 8 heteroatoms. The summed E-state index contributed by atoms with van der Waals surface area (Å²) in [7, 11) is 0. The van der Waals surface area contributed by atoms with E-state index < -0.39 is 11.4 Å². The van der Waals surface area contributed by atoms with Gasteiger partial charge in [-0.2, -0.15) is 0 Å². The fourth-order valence-corrected chi connectivity index (χ4v) is 6.06. The van der Waals surface area contributed by atoms with Gasteiger partial charge in [0.25, 0.3) is 0 Å². The normalized spacial score (nSPS) is 22.9. The van der Waals surface area contributed by atoms with Crippen molar-refractivity contribution in [1.82, 2.24) is 9.88 Å². The van der Waals surface area contributed by atoms with Crippen LogP contribution in [0.25, 0.3) is 0 Å². The summed E-state index contributed by atoms with van der Waals surface area (Å²) in [5.41, 5.74) is 1.50. The summed E-state index contributed by atoms with van der Waals surface area (Å²) in [6, 6.07) is 20.0. The quantitative estimate of drug-likeness (QED) is 0.285. The van der Waals surface area contributed by atoms with Crippen LogP contribution in [0.2, 0.25) is 10.0 Å². The SMILES string of the molecule is CCC(c1cccc(Br)n1)N1C(=O)C(C)(CC(=O)O)CC(c2cccc(Cl)c2)C1c1ccc(Cl)cc1. The Bertz CT molecular complexity index is 1270. The average Bonchev–Trinajstić information content (AvgIpc) is 2.82. The molecule has 1 fully saturated rings. The molecule has 0 bridgehead atoms. The lowest BCUT2D eigenvalue weighted by atomic mass is 9.67. The van der Waals surface area contributed by atoms with Gasteiger partial charge < -0.3 is 10.0 Å². The summed E-state index contributed by atoms with van der Waals surface area (Å²) < 4.78 is 0.672. The second-order valence-corrected chi connectivity index (χ2v) is 11.2. The Balaban J connectivity index is 1.96. The molecule has 1 aliphatic rings. The molecule has 36 heavy (non-hydrogen) atoms. The number of rotatable bonds is 7. The Hall–Kier alpha value is -2.41. The highest BCUT2D eigenvalue weighted by molar-refractivity contribution is 9.10. The molecule has 1 aliphatic heterocycles. The Kier molecular flexibility index (Phi) is 8.08. The summed E-state index contributed by atoms with van der Waals surface area (Å²) in [4.78, 5) is 32.8. The van der Waals surface area contributed by atoms with Gasteiger partial charge in [-0.3, -0.25) is 9.59 Å². The number of piperidine rings is 1. The molecular weight excluding hydrogens is 563 g/mol. The molecule has 0 aliphatic carbocycles. The molecule has 1 saturated heterocycles. The fourth-order valence-electron chi connectivity index (χ4n) is 5.38. The summed E-state index contributed by atoms with van der Waals surface area (Å²) in [6.45, 7) is 3.77. The minimum Gasteiger partial charge on any atom is -0.481 e. The molecule has 4 rings (SSSR count). The van der Waals surface area contributed by atoms with Gasteiger partial charge in [0, 0.05) is 16.0 Å². The van der Waals surface area contributed by atoms with Crippen LogP contribution in [0.1, 0.15) is 67.9 Å². The molecule has 2 aromatic carbocycles. The molecular formula is C28H27BrCl2N2O3. The molecule has 2 heterocycles. The number of carboxylic acid groups (broad SMARTS) is 1. The third-order valence-electron chi connectivity index (χ3n) is 6.93. The molecule has 5 nitrogen and oxygen atoms in total. The third-order valence-corrected chi connectivity index (χ3v) is 7.86. The summed E-state index contributed by atoms with van der Waals surface area (Å²) in [5.74, 6) is -1.40. The van der Waals surface area contributed by atoms with Gasteiger partial charge in [0.05, 0.1) is 29.6 Å². The van der Waals surface area contributed by atoms with Crippen molar-refractivity contribution in [3.8, 4) is 0 Å². The van der Waals surface area contributed by atoms with Crippen molar-refractivity contribution in [2.75, 3.05) is 0 Å². The Morgan fingerprint density at radius 3 is 2.42 bits per heavy atom. The molecule has 1 amide bonds. The molecule has 3 aromatic rings. The predicted octanol–water partition coefficient (Wildman–Crippen LogP) is 7.84. The van der Waals surface area contributed by atoms with E-state index in [1.165, 1.54) is 0 Å². The Morgan fingerprint density at radius 2 is 1.81 bits per heavy atom. The second kappa shape index (κ2) is 10.9. The van der Waals surface area contributed by atoms with E-state index >= 15 is 0 Å². The zero-order valence-electron chi connectivity index (χ0n) is 20.0. The minimum atomic E-state index is -1.11. The number of amides is 1. The number of carbonyl (C=O) groups excluding carboxylic acids is 1. The van der Waals surface area contributed by atoms with E-state index in [0.29, 0.717) is 27.5 Å². The highest BCUT2D eigenvalue weighted by Gasteiger charge is 2.52. The lowest BCUT2D eigenvalue weighted by Gasteiger charge is -2.51. The van der Waals surface area contributed by atoms with Crippen molar-refractivity contribution in [2.45, 2.75) is 51.1 Å². The topological polar surface area (TPSA) is 70.5 Å². The van der Waals surface area contributed by atoms with Gasteiger partial charge >= 0.3 is 5.97 Å². The van der Waals surface area contributed by atoms with Gasteiger partial charge in [-0.05, 0) is 76.3 Å². The Labute approximate surface area is 229 Å². The van der Waals surface area contributed by atoms with Gasteiger partial charge in [-0.25, -0.2) is 4.98 Å². The van der Waals surface area contributed by atoms with Gasteiger partial charge in [-0.15, -0.1) is 0 Å². The summed E-state index contributed by atoms with van der Waals surface area (Å²) >= 11 is 16.1. The summed E-state index contributed by atoms with van der Waals surface area (Å²) in [5, 5.41) is 11.0. The van der Waals surface area contributed by atoms with Crippen LogP contribution >= 0.6 is 39.1 Å². The molecule has 4 atom stereocenters. The van der Waals surface area contributed by atoms with Gasteiger partial charge in [0.1, 0.15) is 4.60 Å². The van der Waals surface area contributed by atoms with E-state index in [2.05, 4.69) is 20.9 Å². The number of carbonyl (C=O) groups is 2. The van der Waals surface area contributed by atoms with E-state index in [0.717, 1.165) is 16.8 Å². The molecule has 0 saturated carbocycles. The number of benzene rings is 2. The first-order chi connectivity index (χ1) is 17.1. The zero-order chi connectivity index (χ0) is 26.0. The van der Waals surface area contributed by atoms with Crippen LogP contribution in [0, 0.1) is 5.41 Å². The standard InChI is InChI=1S/C28H27BrCl2N2O3/c1-3-23(22-8-5-9-24(29)32-22)33-26(17-10-12-19(30)13-11-17)21(18-6-4-7-20(31)14-18)15-28(2,27(33)36)16-25(34)35/h4-14,21,23,26H,3,15-16H2,1-2H3,(H,34,35). The van der Waals surface area contributed by atoms with Crippen molar-refractivity contribution >= 4 is 51.0 Å². The van der Waals surface area contributed by atoms with Crippen LogP contribution in [0.4, 0.5) is 0 Å². The van der Waals surface area contributed by atoms with Crippen LogP contribution in [-0.2, 0) is 9.59 Å². The first-order valence-corrected chi connectivity index (χ1v) is 13.4. The number of pyridine rings is 1. The lowest BCUT2D eigenvalue weighted by Crippen LogP contribution is -2.53. The zero-order valence-corrected chi connectivity index (χ0v) is 23.1. The van der Waals surface area contributed by atoms with Gasteiger partial charge in [-0.1, -0.05) is 67.4 Å². The first-order valence-electron chi connectivity index (χ1n) is 11.8. The van der Waals surface area contributed by atoms with Crippen LogP contribution in [0.3, 0.4) is 0 Å². The van der Waals surface area contributed by atoms with E-state index in [-0.39, 0.29) is 30.3 Å². The monoisotopic (exact) mass is 588 g/mol. The number of carboxylic acids is 1. The largest absolute Gasteiger partial charge is 0.481 e. The average molecular weight is 590 g/mol. The molecule has 0 spiro atoms. The summed E-state index contributed by atoms with van der Waals surface area (Å²) in [6.07, 6.45) is 0.699. The maximum Gasteiger partial charge on any atom is 0.304 e.